The third kappa shape index (κ3) is 4.29. The summed E-state index contributed by atoms with van der Waals surface area (Å²) in [5.74, 6) is -1.45. The topological polar surface area (TPSA) is 64.4 Å². The van der Waals surface area contributed by atoms with Gasteiger partial charge in [0, 0.05) is 0 Å². The highest BCUT2D eigenvalue weighted by Gasteiger charge is 2.44. The van der Waals surface area contributed by atoms with Crippen molar-refractivity contribution in [3.05, 3.63) is 40.5 Å². The standard InChI is InChI=1S/C17H20ClF3N2O3Si/c1-16(2,3)27(4,5)26-14-12(18)13(17(19,20)21)22-23(14)11-8-6-7-10(9-11)15(24)25/h6-9H,1-5H3,(H,24,25). The van der Waals surface area contributed by atoms with Crippen molar-refractivity contribution in [3.63, 3.8) is 0 Å². The average molecular weight is 421 g/mol. The van der Waals surface area contributed by atoms with Crippen LogP contribution < -0.4 is 4.43 Å². The molecule has 0 fully saturated rings. The first-order valence-corrected chi connectivity index (χ1v) is 11.3. The van der Waals surface area contributed by atoms with E-state index >= 15 is 0 Å². The normalized spacial score (nSPS) is 12.9. The smallest absolute Gasteiger partial charge is 0.436 e. The number of hydrogen-bond acceptors (Lipinski definition) is 3. The minimum atomic E-state index is -4.78. The number of aromatic nitrogens is 2. The first-order valence-electron chi connectivity index (χ1n) is 8.03. The van der Waals surface area contributed by atoms with Gasteiger partial charge in [0.05, 0.1) is 11.3 Å². The van der Waals surface area contributed by atoms with Gasteiger partial charge in [0.25, 0.3) is 8.32 Å². The molecule has 0 unspecified atom stereocenters. The Morgan fingerprint density at radius 1 is 1.26 bits per heavy atom. The van der Waals surface area contributed by atoms with E-state index in [1.54, 1.807) is 0 Å². The Morgan fingerprint density at radius 3 is 2.33 bits per heavy atom. The number of carboxylic acid groups (broad SMARTS) is 1. The summed E-state index contributed by atoms with van der Waals surface area (Å²) in [6.45, 7) is 9.53. The molecule has 0 bridgehead atoms. The number of nitrogens with zero attached hydrogens (tertiary/aromatic N) is 2. The molecule has 0 saturated carbocycles. The molecule has 27 heavy (non-hydrogen) atoms. The van der Waals surface area contributed by atoms with E-state index in [0.717, 1.165) is 4.68 Å². The van der Waals surface area contributed by atoms with Crippen LogP contribution in [0, 0.1) is 0 Å². The van der Waals surface area contributed by atoms with Crippen LogP contribution >= 0.6 is 11.6 Å². The van der Waals surface area contributed by atoms with Crippen LogP contribution in [0.3, 0.4) is 0 Å². The molecule has 2 rings (SSSR count). The fraction of sp³-hybridized carbons (Fsp3) is 0.412. The van der Waals surface area contributed by atoms with E-state index in [9.17, 15) is 18.0 Å². The summed E-state index contributed by atoms with van der Waals surface area (Å²) in [7, 11) is -2.55. The Kier molecular flexibility index (Phi) is 5.42. The molecule has 0 amide bonds. The number of hydrogen-bond donors (Lipinski definition) is 1. The van der Waals surface area contributed by atoms with Crippen LogP contribution in [-0.4, -0.2) is 29.2 Å². The monoisotopic (exact) mass is 420 g/mol. The molecule has 148 valence electrons. The predicted molar refractivity (Wildman–Crippen MR) is 98.4 cm³/mol. The van der Waals surface area contributed by atoms with Gasteiger partial charge in [0.15, 0.2) is 5.69 Å². The lowest BCUT2D eigenvalue weighted by Gasteiger charge is -2.36. The van der Waals surface area contributed by atoms with Crippen LogP contribution in [0.1, 0.15) is 36.8 Å². The Bertz CT molecular complexity index is 873. The Hall–Kier alpha value is -2.00. The predicted octanol–water partition coefficient (Wildman–Crippen LogP) is 5.63. The van der Waals surface area contributed by atoms with Gasteiger partial charge in [-0.25, -0.2) is 9.48 Å². The largest absolute Gasteiger partial charge is 0.529 e. The summed E-state index contributed by atoms with van der Waals surface area (Å²) in [5, 5.41) is 11.8. The molecule has 1 aromatic carbocycles. The summed E-state index contributed by atoms with van der Waals surface area (Å²) >= 11 is 6.00. The zero-order chi connectivity index (χ0) is 20.8. The maximum absolute atomic E-state index is 13.3. The average Bonchev–Trinajstić information content (AvgIpc) is 2.83. The zero-order valence-electron chi connectivity index (χ0n) is 15.5. The number of aromatic carboxylic acids is 1. The highest BCUT2D eigenvalue weighted by Crippen LogP contribution is 2.44. The fourth-order valence-corrected chi connectivity index (χ4v) is 3.30. The SMILES string of the molecule is CC(C)(C)[Si](C)(C)Oc1c(Cl)c(C(F)(F)F)nn1-c1cccc(C(=O)O)c1. The van der Waals surface area contributed by atoms with Gasteiger partial charge < -0.3 is 9.53 Å². The van der Waals surface area contributed by atoms with Crippen molar-refractivity contribution >= 4 is 25.9 Å². The van der Waals surface area contributed by atoms with Gasteiger partial charge in [-0.2, -0.15) is 18.3 Å². The second kappa shape index (κ2) is 6.86. The Labute approximate surface area is 160 Å². The molecule has 0 radical (unpaired) electrons. The van der Waals surface area contributed by atoms with Gasteiger partial charge in [-0.3, -0.25) is 0 Å². The van der Waals surface area contributed by atoms with Gasteiger partial charge in [-0.1, -0.05) is 38.4 Å². The Morgan fingerprint density at radius 2 is 1.85 bits per heavy atom. The number of carbonyl (C=O) groups is 1. The summed E-state index contributed by atoms with van der Waals surface area (Å²) in [6.07, 6.45) is -4.78. The number of carboxylic acids is 1. The molecule has 0 atom stereocenters. The van der Waals surface area contributed by atoms with E-state index in [1.807, 2.05) is 33.9 Å². The maximum Gasteiger partial charge on any atom is 0.436 e. The second-order valence-corrected chi connectivity index (χ2v) is 12.7. The molecule has 0 saturated heterocycles. The van der Waals surface area contributed by atoms with Gasteiger partial charge in [0.2, 0.25) is 5.88 Å². The summed E-state index contributed by atoms with van der Waals surface area (Å²) in [6, 6.07) is 5.40. The van der Waals surface area contributed by atoms with Crippen molar-refractivity contribution in [1.82, 2.24) is 9.78 Å². The number of halogens is 4. The molecule has 1 heterocycles. The van der Waals surface area contributed by atoms with Gasteiger partial charge in [0.1, 0.15) is 5.02 Å². The third-order valence-corrected chi connectivity index (χ3v) is 9.21. The van der Waals surface area contributed by atoms with Crippen LogP contribution in [0.5, 0.6) is 5.88 Å². The molecule has 0 aliphatic heterocycles. The van der Waals surface area contributed by atoms with E-state index in [4.69, 9.17) is 21.1 Å². The molecule has 2 aromatic rings. The van der Waals surface area contributed by atoms with Crippen molar-refractivity contribution < 1.29 is 27.5 Å². The minimum Gasteiger partial charge on any atom is -0.529 e. The lowest BCUT2D eigenvalue weighted by Crippen LogP contribution is -2.44. The zero-order valence-corrected chi connectivity index (χ0v) is 17.2. The summed E-state index contributed by atoms with van der Waals surface area (Å²) in [5.41, 5.74) is -1.26. The number of alkyl halides is 3. The van der Waals surface area contributed by atoms with Gasteiger partial charge in [-0.05, 0) is 36.3 Å². The van der Waals surface area contributed by atoms with Crippen molar-refractivity contribution in [2.24, 2.45) is 0 Å². The van der Waals surface area contributed by atoms with Crippen LogP contribution in [0.4, 0.5) is 13.2 Å². The number of benzene rings is 1. The molecule has 5 nitrogen and oxygen atoms in total. The Balaban J connectivity index is 2.70. The van der Waals surface area contributed by atoms with Crippen molar-refractivity contribution in [2.45, 2.75) is 45.1 Å². The van der Waals surface area contributed by atoms with Crippen LogP contribution in [0.2, 0.25) is 23.2 Å². The first kappa shape index (κ1) is 21.3. The molecule has 1 N–H and O–H groups in total. The highest BCUT2D eigenvalue weighted by molar-refractivity contribution is 6.74. The van der Waals surface area contributed by atoms with Crippen molar-refractivity contribution in [2.75, 3.05) is 0 Å². The lowest BCUT2D eigenvalue weighted by molar-refractivity contribution is -0.141. The highest BCUT2D eigenvalue weighted by atomic mass is 35.5. The van der Waals surface area contributed by atoms with Crippen LogP contribution in [0.25, 0.3) is 5.69 Å². The van der Waals surface area contributed by atoms with E-state index in [1.165, 1.54) is 24.3 Å². The summed E-state index contributed by atoms with van der Waals surface area (Å²) < 4.78 is 46.9. The third-order valence-electron chi connectivity index (χ3n) is 4.55. The minimum absolute atomic E-state index is 0.0917. The van der Waals surface area contributed by atoms with Crippen LogP contribution in [0.15, 0.2) is 24.3 Å². The van der Waals surface area contributed by atoms with E-state index in [0.29, 0.717) is 0 Å². The first-order chi connectivity index (χ1) is 12.1. The van der Waals surface area contributed by atoms with Crippen LogP contribution in [-0.2, 0) is 6.18 Å². The lowest BCUT2D eigenvalue weighted by atomic mass is 10.2. The van der Waals surface area contributed by atoms with Crippen molar-refractivity contribution in [3.8, 4) is 11.6 Å². The molecule has 0 aliphatic rings. The second-order valence-electron chi connectivity index (χ2n) is 7.60. The number of rotatable bonds is 4. The maximum atomic E-state index is 13.3. The molecule has 1 aromatic heterocycles. The van der Waals surface area contributed by atoms with E-state index in [-0.39, 0.29) is 22.2 Å². The molecule has 0 spiro atoms. The molecular formula is C17H20ClF3N2O3Si. The fourth-order valence-electron chi connectivity index (χ4n) is 1.99. The van der Waals surface area contributed by atoms with Gasteiger partial charge >= 0.3 is 12.1 Å². The molecular weight excluding hydrogens is 401 g/mol. The molecule has 10 heteroatoms. The molecule has 0 aliphatic carbocycles. The summed E-state index contributed by atoms with van der Waals surface area (Å²) in [4.78, 5) is 11.2. The van der Waals surface area contributed by atoms with E-state index in [2.05, 4.69) is 5.10 Å². The van der Waals surface area contributed by atoms with Gasteiger partial charge in [-0.15, -0.1) is 0 Å². The van der Waals surface area contributed by atoms with E-state index < -0.39 is 31.2 Å². The van der Waals surface area contributed by atoms with Crippen molar-refractivity contribution in [1.29, 1.82) is 0 Å². The quantitative estimate of drug-likeness (QED) is 0.651.